The molecule has 2 N–H and O–H groups in total. The van der Waals surface area contributed by atoms with Crippen LogP contribution in [0.1, 0.15) is 52.8 Å². The first-order chi connectivity index (χ1) is 18.4. The molecule has 208 valence electrons. The van der Waals surface area contributed by atoms with Gasteiger partial charge in [-0.2, -0.15) is 0 Å². The summed E-state index contributed by atoms with van der Waals surface area (Å²) in [6, 6.07) is 2.51. The van der Waals surface area contributed by atoms with Crippen molar-refractivity contribution in [2.75, 3.05) is 32.6 Å². The number of aryl methyl sites for hydroxylation is 2. The van der Waals surface area contributed by atoms with Gasteiger partial charge in [-0.15, -0.1) is 0 Å². The molecule has 38 heavy (non-hydrogen) atoms. The zero-order chi connectivity index (χ0) is 27.7. The third-order valence-electron chi connectivity index (χ3n) is 6.49. The number of nitrogens with zero attached hydrogens (tertiary/aromatic N) is 6. The Labute approximate surface area is 223 Å². The highest BCUT2D eigenvalue weighted by molar-refractivity contribution is 5.82. The third kappa shape index (κ3) is 7.22. The monoisotopic (exact) mass is 530 g/mol. The number of anilines is 1. The van der Waals surface area contributed by atoms with E-state index in [0.717, 1.165) is 56.1 Å². The minimum absolute atomic E-state index is 0.0590. The topological polar surface area (TPSA) is 96.8 Å². The van der Waals surface area contributed by atoms with Gasteiger partial charge in [-0.1, -0.05) is 13.8 Å². The maximum atomic E-state index is 13.9. The second kappa shape index (κ2) is 14.1. The molecule has 0 aliphatic carbocycles. The van der Waals surface area contributed by atoms with Crippen LogP contribution in [0.25, 0.3) is 22.2 Å². The molecular formula is C27H40F2N8O. The van der Waals surface area contributed by atoms with E-state index in [1.807, 2.05) is 25.5 Å². The zero-order valence-electron chi connectivity index (χ0n) is 23.3. The number of ether oxygens (including phenoxy) is 1. The summed E-state index contributed by atoms with van der Waals surface area (Å²) in [5.41, 5.74) is 2.15. The maximum Gasteiger partial charge on any atom is 0.165 e. The van der Waals surface area contributed by atoms with Gasteiger partial charge in [0.15, 0.2) is 17.3 Å². The normalized spacial score (nSPS) is 12.4. The van der Waals surface area contributed by atoms with E-state index in [1.54, 1.807) is 19.8 Å². The lowest BCUT2D eigenvalue weighted by Gasteiger charge is -2.30. The summed E-state index contributed by atoms with van der Waals surface area (Å²) in [5, 5.41) is 3.05. The molecule has 3 heterocycles. The number of methoxy groups -OCH3 is 1. The molecule has 0 radical (unpaired) electrons. The number of benzene rings is 1. The van der Waals surface area contributed by atoms with Crippen molar-refractivity contribution in [3.8, 4) is 0 Å². The summed E-state index contributed by atoms with van der Waals surface area (Å²) in [5.74, 6) is 0.154. The summed E-state index contributed by atoms with van der Waals surface area (Å²) >= 11 is 0. The predicted octanol–water partition coefficient (Wildman–Crippen LogP) is 5.19. The molecule has 3 aromatic heterocycles. The van der Waals surface area contributed by atoms with E-state index in [-0.39, 0.29) is 11.6 Å². The molecule has 0 spiro atoms. The Kier molecular flexibility index (Phi) is 10.9. The van der Waals surface area contributed by atoms with Crippen LogP contribution in [-0.4, -0.2) is 73.8 Å². The Morgan fingerprint density at radius 2 is 1.89 bits per heavy atom. The second-order valence-electron chi connectivity index (χ2n) is 9.24. The molecule has 0 bridgehead atoms. The number of imidazole rings is 2. The molecule has 0 amide bonds. The molecule has 4 rings (SSSR count). The van der Waals surface area contributed by atoms with E-state index in [4.69, 9.17) is 4.74 Å². The molecule has 11 heteroatoms. The second-order valence-corrected chi connectivity index (χ2v) is 9.24. The van der Waals surface area contributed by atoms with Crippen molar-refractivity contribution in [1.29, 1.82) is 0 Å². The first-order valence-corrected chi connectivity index (χ1v) is 13.3. The number of aromatic nitrogens is 6. The van der Waals surface area contributed by atoms with Gasteiger partial charge in [0.25, 0.3) is 0 Å². The molecule has 0 fully saturated rings. The van der Waals surface area contributed by atoms with E-state index in [0.29, 0.717) is 29.6 Å². The Morgan fingerprint density at radius 1 is 1.11 bits per heavy atom. The fourth-order valence-corrected chi connectivity index (χ4v) is 4.43. The Morgan fingerprint density at radius 3 is 2.61 bits per heavy atom. The number of H-pyrrole nitrogens is 1. The quantitative estimate of drug-likeness (QED) is 0.230. The van der Waals surface area contributed by atoms with Crippen molar-refractivity contribution in [2.24, 2.45) is 0 Å². The fraction of sp³-hybridized carbons (Fsp3) is 0.556. The van der Waals surface area contributed by atoms with E-state index >= 15 is 0 Å². The average Bonchev–Trinajstić information content (AvgIpc) is 3.52. The van der Waals surface area contributed by atoms with Crippen molar-refractivity contribution < 1.29 is 13.5 Å². The van der Waals surface area contributed by atoms with E-state index in [2.05, 4.69) is 49.0 Å². The van der Waals surface area contributed by atoms with Crippen molar-refractivity contribution >= 4 is 28.0 Å². The van der Waals surface area contributed by atoms with Crippen LogP contribution >= 0.6 is 0 Å². The number of fused-ring (bicyclic) bond motifs is 2. The third-order valence-corrected chi connectivity index (χ3v) is 6.49. The first-order valence-electron chi connectivity index (χ1n) is 13.3. The molecule has 0 aliphatic heterocycles. The van der Waals surface area contributed by atoms with Crippen LogP contribution in [0.15, 0.2) is 24.8 Å². The van der Waals surface area contributed by atoms with Crippen LogP contribution in [0.5, 0.6) is 0 Å². The van der Waals surface area contributed by atoms with Crippen LogP contribution in [0.4, 0.5) is 14.6 Å². The predicted molar refractivity (Wildman–Crippen MR) is 147 cm³/mol. The summed E-state index contributed by atoms with van der Waals surface area (Å²) in [6.07, 6.45) is 6.75. The number of aromatic amines is 1. The van der Waals surface area contributed by atoms with Crippen LogP contribution < -0.4 is 5.32 Å². The summed E-state index contributed by atoms with van der Waals surface area (Å²) in [4.78, 5) is 22.8. The lowest BCUT2D eigenvalue weighted by molar-refractivity contribution is 0.0447. The molecule has 9 nitrogen and oxygen atoms in total. The van der Waals surface area contributed by atoms with Gasteiger partial charge < -0.3 is 19.6 Å². The van der Waals surface area contributed by atoms with Gasteiger partial charge in [-0.3, -0.25) is 4.90 Å². The van der Waals surface area contributed by atoms with Gasteiger partial charge in [-0.05, 0) is 45.7 Å². The summed E-state index contributed by atoms with van der Waals surface area (Å²) in [6.45, 7) is 10.8. The largest absolute Gasteiger partial charge is 0.380 e. The van der Waals surface area contributed by atoms with Crippen molar-refractivity contribution in [3.05, 3.63) is 42.2 Å². The van der Waals surface area contributed by atoms with Gasteiger partial charge in [0.05, 0.1) is 17.9 Å². The van der Waals surface area contributed by atoms with Crippen LogP contribution in [0.3, 0.4) is 0 Å². The number of hydrogen-bond donors (Lipinski definition) is 2. The van der Waals surface area contributed by atoms with Gasteiger partial charge in [0.1, 0.15) is 29.0 Å². The molecule has 1 aromatic carbocycles. The molecule has 1 unspecified atom stereocenters. The SMILES string of the molecule is CC.CNc1ncnc2c1ncn2CCC(CN(CCCCc1nc2c(F)cc(F)cc2[nH]1)C(C)C)OC. The smallest absolute Gasteiger partial charge is 0.165 e. The number of hydrogen-bond acceptors (Lipinski definition) is 7. The molecule has 0 saturated heterocycles. The standard InChI is InChI=1S/C25H34F2N8O.C2H6/c1-16(2)34(9-6-5-7-21-32-20-12-17(26)11-19(27)22(20)33-21)13-18(36-4)8-10-35-15-31-23-24(28-3)29-14-30-25(23)35;1-2/h11-12,14-16,18H,5-10,13H2,1-4H3,(H,32,33)(H,28,29,30);1-2H3. The first kappa shape index (κ1) is 29.4. The zero-order valence-corrected chi connectivity index (χ0v) is 23.3. The number of halogens is 2. The van der Waals surface area contributed by atoms with Gasteiger partial charge >= 0.3 is 0 Å². The minimum Gasteiger partial charge on any atom is -0.380 e. The van der Waals surface area contributed by atoms with Crippen molar-refractivity contribution in [1.82, 2.24) is 34.4 Å². The summed E-state index contributed by atoms with van der Waals surface area (Å²) < 4.78 is 35.2. The number of unbranched alkanes of at least 4 members (excludes halogenated alkanes) is 1. The lowest BCUT2D eigenvalue weighted by Crippen LogP contribution is -2.39. The van der Waals surface area contributed by atoms with Gasteiger partial charge in [-0.25, -0.2) is 28.7 Å². The molecule has 0 aliphatic rings. The Bertz CT molecular complexity index is 1290. The van der Waals surface area contributed by atoms with Crippen LogP contribution in [-0.2, 0) is 17.7 Å². The van der Waals surface area contributed by atoms with Crippen LogP contribution in [0, 0.1) is 11.6 Å². The molecule has 1 atom stereocenters. The molecule has 0 saturated carbocycles. The highest BCUT2D eigenvalue weighted by Gasteiger charge is 2.18. The van der Waals surface area contributed by atoms with Crippen molar-refractivity contribution in [2.45, 2.75) is 72.1 Å². The maximum absolute atomic E-state index is 13.9. The van der Waals surface area contributed by atoms with Gasteiger partial charge in [0, 0.05) is 45.8 Å². The molecule has 4 aromatic rings. The van der Waals surface area contributed by atoms with Crippen LogP contribution in [0.2, 0.25) is 0 Å². The van der Waals surface area contributed by atoms with E-state index < -0.39 is 11.6 Å². The minimum atomic E-state index is -0.636. The van der Waals surface area contributed by atoms with Gasteiger partial charge in [0.2, 0.25) is 0 Å². The Hall–Kier alpha value is -3.18. The number of nitrogens with one attached hydrogen (secondary N) is 2. The summed E-state index contributed by atoms with van der Waals surface area (Å²) in [7, 11) is 3.57. The number of rotatable bonds is 13. The van der Waals surface area contributed by atoms with Crippen molar-refractivity contribution in [3.63, 3.8) is 0 Å². The average molecular weight is 531 g/mol. The molecular weight excluding hydrogens is 490 g/mol. The van der Waals surface area contributed by atoms with E-state index in [1.165, 1.54) is 6.07 Å². The highest BCUT2D eigenvalue weighted by Crippen LogP contribution is 2.19. The van der Waals surface area contributed by atoms with E-state index in [9.17, 15) is 8.78 Å². The lowest BCUT2D eigenvalue weighted by atomic mass is 10.1. The fourth-order valence-electron chi connectivity index (χ4n) is 4.43. The highest BCUT2D eigenvalue weighted by atomic mass is 19.1. The Balaban J connectivity index is 0.00000195.